The number of carbonyl (C=O) groups is 1. The van der Waals surface area contributed by atoms with Gasteiger partial charge in [-0.3, -0.25) is 4.79 Å². The highest BCUT2D eigenvalue weighted by atomic mass is 19.3. The Hall–Kier alpha value is -2.23. The molecule has 1 aromatic heterocycles. The van der Waals surface area contributed by atoms with Crippen molar-refractivity contribution < 1.29 is 23.0 Å². The molecule has 96 valence electrons. The van der Waals surface area contributed by atoms with Crippen molar-refractivity contribution in [1.29, 1.82) is 5.26 Å². The fourth-order valence-corrected chi connectivity index (χ4v) is 1.33. The highest BCUT2D eigenvalue weighted by Gasteiger charge is 2.21. The second-order valence-electron chi connectivity index (χ2n) is 3.24. The molecule has 0 aliphatic carbocycles. The van der Waals surface area contributed by atoms with Crippen LogP contribution < -0.4 is 4.74 Å². The van der Waals surface area contributed by atoms with Gasteiger partial charge in [0.25, 0.3) is 6.43 Å². The van der Waals surface area contributed by atoms with E-state index in [0.717, 1.165) is 0 Å². The number of aromatic nitrogens is 1. The Balaban J connectivity index is 3.28. The third kappa shape index (κ3) is 2.91. The number of rotatable bonds is 4. The maximum absolute atomic E-state index is 12.7. The Morgan fingerprint density at radius 3 is 2.67 bits per heavy atom. The molecule has 0 spiro atoms. The van der Waals surface area contributed by atoms with Gasteiger partial charge < -0.3 is 9.47 Å². The smallest absolute Gasteiger partial charge is 0.311 e. The van der Waals surface area contributed by atoms with E-state index in [1.807, 2.05) is 0 Å². The number of pyridine rings is 1. The number of methoxy groups -OCH3 is 2. The molecular formula is C11H10F2N2O3. The van der Waals surface area contributed by atoms with E-state index in [0.29, 0.717) is 0 Å². The first-order valence-corrected chi connectivity index (χ1v) is 4.86. The number of halogens is 2. The van der Waals surface area contributed by atoms with Gasteiger partial charge in [-0.05, 0) is 0 Å². The lowest BCUT2D eigenvalue weighted by Gasteiger charge is -2.10. The summed E-state index contributed by atoms with van der Waals surface area (Å²) in [6.45, 7) is 0. The van der Waals surface area contributed by atoms with Gasteiger partial charge in [-0.2, -0.15) is 5.26 Å². The lowest BCUT2D eigenvalue weighted by molar-refractivity contribution is -0.139. The van der Waals surface area contributed by atoms with Crippen LogP contribution in [0.15, 0.2) is 6.07 Å². The highest BCUT2D eigenvalue weighted by molar-refractivity contribution is 5.72. The van der Waals surface area contributed by atoms with Crippen LogP contribution in [0.1, 0.15) is 23.4 Å². The molecule has 1 rings (SSSR count). The molecule has 0 fully saturated rings. The van der Waals surface area contributed by atoms with Crippen LogP contribution in [0.5, 0.6) is 5.75 Å². The molecular weight excluding hydrogens is 246 g/mol. The molecule has 1 aromatic rings. The lowest BCUT2D eigenvalue weighted by Crippen LogP contribution is -2.09. The van der Waals surface area contributed by atoms with Crippen LogP contribution in [-0.4, -0.2) is 25.2 Å². The monoisotopic (exact) mass is 256 g/mol. The van der Waals surface area contributed by atoms with Gasteiger partial charge in [0.1, 0.15) is 23.1 Å². The summed E-state index contributed by atoms with van der Waals surface area (Å²) in [7, 11) is 2.42. The molecule has 0 aliphatic rings. The molecule has 0 atom stereocenters. The van der Waals surface area contributed by atoms with Crippen LogP contribution >= 0.6 is 0 Å². The van der Waals surface area contributed by atoms with Gasteiger partial charge in [0.2, 0.25) is 0 Å². The minimum absolute atomic E-state index is 0.0401. The average Bonchev–Trinajstić information content (AvgIpc) is 2.37. The second-order valence-corrected chi connectivity index (χ2v) is 3.24. The number of esters is 1. The Bertz CT molecular complexity index is 498. The first-order valence-electron chi connectivity index (χ1n) is 4.86. The molecule has 0 saturated heterocycles. The van der Waals surface area contributed by atoms with Crippen LogP contribution in [0.25, 0.3) is 0 Å². The molecule has 7 heteroatoms. The van der Waals surface area contributed by atoms with Gasteiger partial charge in [-0.15, -0.1) is 0 Å². The zero-order valence-corrected chi connectivity index (χ0v) is 9.74. The number of nitrogens with zero attached hydrogens (tertiary/aromatic N) is 2. The lowest BCUT2D eigenvalue weighted by atomic mass is 10.1. The molecule has 5 nitrogen and oxygen atoms in total. The van der Waals surface area contributed by atoms with E-state index in [1.54, 1.807) is 6.07 Å². The van der Waals surface area contributed by atoms with Gasteiger partial charge in [0, 0.05) is 6.07 Å². The third-order valence-corrected chi connectivity index (χ3v) is 2.16. The Kier molecular flexibility index (Phi) is 4.54. The summed E-state index contributed by atoms with van der Waals surface area (Å²) in [5.74, 6) is -0.656. The van der Waals surface area contributed by atoms with Crippen LogP contribution in [-0.2, 0) is 16.0 Å². The van der Waals surface area contributed by atoms with Gasteiger partial charge in [0.15, 0.2) is 0 Å². The molecule has 0 aromatic carbocycles. The number of hydrogen-bond donors (Lipinski definition) is 0. The van der Waals surface area contributed by atoms with Crippen LogP contribution in [0, 0.1) is 11.3 Å². The van der Waals surface area contributed by atoms with Crippen molar-refractivity contribution in [3.63, 3.8) is 0 Å². The topological polar surface area (TPSA) is 72.2 Å². The maximum Gasteiger partial charge on any atom is 0.311 e. The molecule has 1 heterocycles. The maximum atomic E-state index is 12.7. The van der Waals surface area contributed by atoms with E-state index in [9.17, 15) is 13.6 Å². The first kappa shape index (κ1) is 13.8. The van der Waals surface area contributed by atoms with E-state index < -0.39 is 18.1 Å². The Labute approximate surface area is 102 Å². The zero-order chi connectivity index (χ0) is 13.7. The fourth-order valence-electron chi connectivity index (χ4n) is 1.33. The number of hydrogen-bond acceptors (Lipinski definition) is 5. The molecule has 0 aliphatic heterocycles. The third-order valence-electron chi connectivity index (χ3n) is 2.16. The Morgan fingerprint density at radius 2 is 2.22 bits per heavy atom. The van der Waals surface area contributed by atoms with Crippen molar-refractivity contribution in [2.75, 3.05) is 14.2 Å². The summed E-state index contributed by atoms with van der Waals surface area (Å²) in [5, 5.41) is 8.80. The molecule has 0 amide bonds. The summed E-state index contributed by atoms with van der Waals surface area (Å²) in [5.41, 5.74) is -0.968. The van der Waals surface area contributed by atoms with Crippen molar-refractivity contribution >= 4 is 5.97 Å². The van der Waals surface area contributed by atoms with Crippen molar-refractivity contribution in [2.24, 2.45) is 0 Å². The van der Waals surface area contributed by atoms with Gasteiger partial charge >= 0.3 is 5.97 Å². The summed E-state index contributed by atoms with van der Waals surface area (Å²) < 4.78 is 34.7. The van der Waals surface area contributed by atoms with E-state index in [1.165, 1.54) is 20.3 Å². The molecule has 0 saturated carbocycles. The molecule has 0 unspecified atom stereocenters. The van der Waals surface area contributed by atoms with E-state index >= 15 is 0 Å². The summed E-state index contributed by atoms with van der Waals surface area (Å²) in [6, 6.07) is 2.87. The number of carbonyl (C=O) groups excluding carboxylic acids is 1. The van der Waals surface area contributed by atoms with Crippen molar-refractivity contribution in [3.8, 4) is 11.8 Å². The van der Waals surface area contributed by atoms with Crippen LogP contribution in [0.2, 0.25) is 0 Å². The second kappa shape index (κ2) is 5.91. The SMILES string of the molecule is COC(=O)Cc1cc(OC)c(C#N)c(C(F)F)n1. The van der Waals surface area contributed by atoms with Crippen molar-refractivity contribution in [1.82, 2.24) is 4.98 Å². The first-order chi connectivity index (χ1) is 8.53. The largest absolute Gasteiger partial charge is 0.495 e. The van der Waals surface area contributed by atoms with Gasteiger partial charge in [-0.1, -0.05) is 0 Å². The quantitative estimate of drug-likeness (QED) is 0.765. The summed E-state index contributed by atoms with van der Waals surface area (Å²) >= 11 is 0. The minimum atomic E-state index is -2.92. The van der Waals surface area contributed by atoms with Gasteiger partial charge in [-0.25, -0.2) is 13.8 Å². The van der Waals surface area contributed by atoms with E-state index in [2.05, 4.69) is 9.72 Å². The standard InChI is InChI=1S/C11H10F2N2O3/c1-17-8-3-6(4-9(16)18-2)15-10(11(12)13)7(8)5-14/h3,11H,4H2,1-2H3. The van der Waals surface area contributed by atoms with E-state index in [-0.39, 0.29) is 23.4 Å². The summed E-state index contributed by atoms with van der Waals surface area (Å²) in [4.78, 5) is 14.6. The average molecular weight is 256 g/mol. The normalized spacial score (nSPS) is 10.0. The van der Waals surface area contributed by atoms with Crippen LogP contribution in [0.3, 0.4) is 0 Å². The number of nitriles is 1. The fraction of sp³-hybridized carbons (Fsp3) is 0.364. The molecule has 18 heavy (non-hydrogen) atoms. The minimum Gasteiger partial charge on any atom is -0.495 e. The zero-order valence-electron chi connectivity index (χ0n) is 9.74. The molecule has 0 radical (unpaired) electrons. The predicted octanol–water partition coefficient (Wildman–Crippen LogP) is 1.61. The number of alkyl halides is 2. The summed E-state index contributed by atoms with van der Waals surface area (Å²) in [6.07, 6.45) is -3.19. The molecule has 0 bridgehead atoms. The Morgan fingerprint density at radius 1 is 1.56 bits per heavy atom. The van der Waals surface area contributed by atoms with Crippen LogP contribution in [0.4, 0.5) is 8.78 Å². The van der Waals surface area contributed by atoms with E-state index in [4.69, 9.17) is 10.00 Å². The number of ether oxygens (including phenoxy) is 2. The predicted molar refractivity (Wildman–Crippen MR) is 56.2 cm³/mol. The highest BCUT2D eigenvalue weighted by Crippen LogP contribution is 2.28. The van der Waals surface area contributed by atoms with Crippen molar-refractivity contribution in [2.45, 2.75) is 12.8 Å². The molecule has 0 N–H and O–H groups in total. The van der Waals surface area contributed by atoms with Gasteiger partial charge in [0.05, 0.1) is 26.3 Å². The van der Waals surface area contributed by atoms with Crippen molar-refractivity contribution in [3.05, 3.63) is 23.0 Å².